The first kappa shape index (κ1) is 14.0. The Morgan fingerprint density at radius 2 is 2.15 bits per heavy atom. The normalized spacial score (nSPS) is 10.5. The summed E-state index contributed by atoms with van der Waals surface area (Å²) < 4.78 is 1.98. The first-order valence-electron chi connectivity index (χ1n) is 6.45. The van der Waals surface area contributed by atoms with Crippen molar-refractivity contribution in [3.05, 3.63) is 35.3 Å². The Hall–Kier alpha value is -2.44. The highest BCUT2D eigenvalue weighted by Crippen LogP contribution is 2.04. The summed E-state index contributed by atoms with van der Waals surface area (Å²) in [6.07, 6.45) is 0.918. The highest BCUT2D eigenvalue weighted by atomic mass is 16.1. The van der Waals surface area contributed by atoms with Gasteiger partial charge in [-0.2, -0.15) is 5.10 Å². The van der Waals surface area contributed by atoms with Crippen molar-refractivity contribution in [1.29, 1.82) is 0 Å². The first-order chi connectivity index (χ1) is 9.56. The number of amides is 1. The zero-order valence-electron chi connectivity index (χ0n) is 11.6. The van der Waals surface area contributed by atoms with Gasteiger partial charge in [-0.05, 0) is 38.5 Å². The van der Waals surface area contributed by atoms with Gasteiger partial charge in [0.1, 0.15) is 5.82 Å². The zero-order valence-corrected chi connectivity index (χ0v) is 11.6. The molecule has 0 spiro atoms. The first-order valence-corrected chi connectivity index (χ1v) is 6.45. The fourth-order valence-electron chi connectivity index (χ4n) is 1.90. The molecule has 0 aliphatic rings. The summed E-state index contributed by atoms with van der Waals surface area (Å²) in [5.41, 5.74) is 7.45. The molecule has 0 aliphatic heterocycles. The molecule has 2 aromatic rings. The van der Waals surface area contributed by atoms with Gasteiger partial charge < -0.3 is 11.1 Å². The van der Waals surface area contributed by atoms with Crippen LogP contribution in [0, 0.1) is 13.8 Å². The average Bonchev–Trinajstić information content (AvgIpc) is 2.73. The molecule has 1 amide bonds. The minimum Gasteiger partial charge on any atom is -0.369 e. The topological polar surface area (TPSA) is 98.7 Å². The van der Waals surface area contributed by atoms with Crippen LogP contribution in [0.1, 0.15) is 28.3 Å². The van der Waals surface area contributed by atoms with E-state index in [1.807, 2.05) is 18.5 Å². The van der Waals surface area contributed by atoms with Gasteiger partial charge >= 0.3 is 0 Å². The number of hydrogen-bond donors (Lipinski definition) is 2. The van der Waals surface area contributed by atoms with E-state index in [4.69, 9.17) is 5.73 Å². The Morgan fingerprint density at radius 3 is 2.70 bits per heavy atom. The number of carbonyl (C=O) groups is 1. The Labute approximate surface area is 117 Å². The summed E-state index contributed by atoms with van der Waals surface area (Å²) in [7, 11) is 0. The molecule has 2 rings (SSSR count). The highest BCUT2D eigenvalue weighted by molar-refractivity contribution is 5.90. The molecular weight excluding hydrogens is 256 g/mol. The molecule has 0 aromatic carbocycles. The number of carbonyl (C=O) groups excluding carboxylic acids is 1. The second-order valence-electron chi connectivity index (χ2n) is 4.60. The van der Waals surface area contributed by atoms with Crippen LogP contribution in [0.4, 0.5) is 5.82 Å². The Morgan fingerprint density at radius 1 is 1.35 bits per heavy atom. The quantitative estimate of drug-likeness (QED) is 0.762. The minimum absolute atomic E-state index is 0.165. The number of aromatic nitrogens is 4. The van der Waals surface area contributed by atoms with Crippen LogP contribution in [0.3, 0.4) is 0 Å². The van der Waals surface area contributed by atoms with Crippen LogP contribution in [-0.2, 0) is 6.54 Å². The molecule has 0 unspecified atom stereocenters. The van der Waals surface area contributed by atoms with Crippen LogP contribution in [-0.4, -0.2) is 32.4 Å². The van der Waals surface area contributed by atoms with E-state index in [9.17, 15) is 4.79 Å². The van der Waals surface area contributed by atoms with Crippen molar-refractivity contribution < 1.29 is 4.79 Å². The minimum atomic E-state index is -0.575. The molecule has 0 atom stereocenters. The van der Waals surface area contributed by atoms with E-state index in [1.54, 1.807) is 12.1 Å². The molecule has 2 aromatic heterocycles. The smallest absolute Gasteiger partial charge is 0.269 e. The maximum Gasteiger partial charge on any atom is 0.269 e. The number of anilines is 1. The summed E-state index contributed by atoms with van der Waals surface area (Å²) in [6.45, 7) is 5.63. The second-order valence-corrected chi connectivity index (χ2v) is 4.60. The molecule has 7 nitrogen and oxygen atoms in total. The zero-order chi connectivity index (χ0) is 14.5. The Balaban J connectivity index is 1.78. The molecular formula is C13H18N6O. The van der Waals surface area contributed by atoms with Crippen molar-refractivity contribution in [2.45, 2.75) is 26.8 Å². The third-order valence-electron chi connectivity index (χ3n) is 2.87. The van der Waals surface area contributed by atoms with E-state index >= 15 is 0 Å². The number of nitrogens with one attached hydrogen (secondary N) is 1. The predicted molar refractivity (Wildman–Crippen MR) is 75.4 cm³/mol. The van der Waals surface area contributed by atoms with Gasteiger partial charge in [0.15, 0.2) is 5.69 Å². The summed E-state index contributed by atoms with van der Waals surface area (Å²) in [5.74, 6) is 0.0527. The lowest BCUT2D eigenvalue weighted by atomic mass is 10.3. The number of hydrogen-bond acceptors (Lipinski definition) is 5. The SMILES string of the molecule is Cc1cc(C)n(CCCNc2ccc(C(N)=O)nn2)n1. The van der Waals surface area contributed by atoms with Crippen LogP contribution < -0.4 is 11.1 Å². The predicted octanol–water partition coefficient (Wildman–Crippen LogP) is 0.891. The molecule has 7 heteroatoms. The van der Waals surface area contributed by atoms with Crippen LogP contribution in [0.15, 0.2) is 18.2 Å². The maximum absolute atomic E-state index is 10.9. The van der Waals surface area contributed by atoms with Crippen LogP contribution in [0.2, 0.25) is 0 Å². The molecule has 0 saturated heterocycles. The van der Waals surface area contributed by atoms with E-state index in [1.165, 1.54) is 0 Å². The number of nitrogens with two attached hydrogens (primary N) is 1. The number of nitrogens with zero attached hydrogens (tertiary/aromatic N) is 4. The van der Waals surface area contributed by atoms with Crippen LogP contribution >= 0.6 is 0 Å². The number of aryl methyl sites for hydroxylation is 3. The fourth-order valence-corrected chi connectivity index (χ4v) is 1.90. The van der Waals surface area contributed by atoms with Gasteiger partial charge in [0, 0.05) is 18.8 Å². The third-order valence-corrected chi connectivity index (χ3v) is 2.87. The van der Waals surface area contributed by atoms with E-state index in [-0.39, 0.29) is 5.69 Å². The van der Waals surface area contributed by atoms with Crippen molar-refractivity contribution >= 4 is 11.7 Å². The third kappa shape index (κ3) is 3.53. The molecule has 20 heavy (non-hydrogen) atoms. The summed E-state index contributed by atoms with van der Waals surface area (Å²) in [5, 5.41) is 15.1. The standard InChI is InChI=1S/C13H18N6O/c1-9-8-10(2)19(18-9)7-3-6-15-12-5-4-11(13(14)20)16-17-12/h4-5,8H,3,6-7H2,1-2H3,(H2,14,20)(H,15,17). The number of rotatable bonds is 6. The van der Waals surface area contributed by atoms with Gasteiger partial charge in [-0.25, -0.2) is 0 Å². The van der Waals surface area contributed by atoms with Crippen molar-refractivity contribution in [1.82, 2.24) is 20.0 Å². The van der Waals surface area contributed by atoms with Crippen LogP contribution in [0.5, 0.6) is 0 Å². The van der Waals surface area contributed by atoms with Gasteiger partial charge in [-0.15, -0.1) is 10.2 Å². The van der Waals surface area contributed by atoms with Gasteiger partial charge in [-0.1, -0.05) is 0 Å². The van der Waals surface area contributed by atoms with E-state index < -0.39 is 5.91 Å². The molecule has 0 fully saturated rings. The van der Waals surface area contributed by atoms with Crippen molar-refractivity contribution in [2.75, 3.05) is 11.9 Å². The van der Waals surface area contributed by atoms with Gasteiger partial charge in [0.05, 0.1) is 5.69 Å². The van der Waals surface area contributed by atoms with Gasteiger partial charge in [0.2, 0.25) is 0 Å². The van der Waals surface area contributed by atoms with Crippen molar-refractivity contribution in [3.8, 4) is 0 Å². The second kappa shape index (κ2) is 6.14. The van der Waals surface area contributed by atoms with Crippen molar-refractivity contribution in [2.24, 2.45) is 5.73 Å². The van der Waals surface area contributed by atoms with E-state index in [2.05, 4.69) is 26.7 Å². The van der Waals surface area contributed by atoms with Gasteiger partial charge in [0.25, 0.3) is 5.91 Å². The largest absolute Gasteiger partial charge is 0.369 e. The average molecular weight is 274 g/mol. The van der Waals surface area contributed by atoms with Crippen LogP contribution in [0.25, 0.3) is 0 Å². The van der Waals surface area contributed by atoms with Gasteiger partial charge in [-0.3, -0.25) is 9.48 Å². The lowest BCUT2D eigenvalue weighted by Crippen LogP contribution is -2.15. The number of primary amides is 1. The van der Waals surface area contributed by atoms with E-state index in [0.29, 0.717) is 5.82 Å². The lowest BCUT2D eigenvalue weighted by molar-refractivity contribution is 0.0994. The molecule has 3 N–H and O–H groups in total. The molecule has 2 heterocycles. The molecule has 0 bridgehead atoms. The Kier molecular flexibility index (Phi) is 4.29. The molecule has 0 aliphatic carbocycles. The summed E-state index contributed by atoms with van der Waals surface area (Å²) in [6, 6.07) is 5.30. The summed E-state index contributed by atoms with van der Waals surface area (Å²) >= 11 is 0. The van der Waals surface area contributed by atoms with E-state index in [0.717, 1.165) is 30.9 Å². The van der Waals surface area contributed by atoms with Crippen molar-refractivity contribution in [3.63, 3.8) is 0 Å². The Bertz CT molecular complexity index is 589. The fraction of sp³-hybridized carbons (Fsp3) is 0.385. The maximum atomic E-state index is 10.9. The molecule has 0 saturated carbocycles. The molecule has 0 radical (unpaired) electrons. The monoisotopic (exact) mass is 274 g/mol. The highest BCUT2D eigenvalue weighted by Gasteiger charge is 2.03. The molecule has 106 valence electrons. The lowest BCUT2D eigenvalue weighted by Gasteiger charge is -2.06. The summed E-state index contributed by atoms with van der Waals surface area (Å²) in [4.78, 5) is 10.9.